The minimum Gasteiger partial charge on any atom is -0.488 e. The molecule has 0 amide bonds. The summed E-state index contributed by atoms with van der Waals surface area (Å²) in [7, 11) is 0. The number of hydrogen-bond donors (Lipinski definition) is 1. The Morgan fingerprint density at radius 2 is 2.11 bits per heavy atom. The fourth-order valence-corrected chi connectivity index (χ4v) is 1.79. The summed E-state index contributed by atoms with van der Waals surface area (Å²) in [5, 5.41) is 3.35. The van der Waals surface area contributed by atoms with Gasteiger partial charge in [0.15, 0.2) is 11.6 Å². The van der Waals surface area contributed by atoms with Crippen molar-refractivity contribution in [2.45, 2.75) is 46.1 Å². The van der Waals surface area contributed by atoms with E-state index in [4.69, 9.17) is 4.74 Å². The third-order valence-corrected chi connectivity index (χ3v) is 2.81. The minimum absolute atomic E-state index is 0.0460. The lowest BCUT2D eigenvalue weighted by Gasteiger charge is -2.15. The van der Waals surface area contributed by atoms with Crippen molar-refractivity contribution in [2.24, 2.45) is 0 Å². The Morgan fingerprint density at radius 3 is 2.83 bits per heavy atom. The van der Waals surface area contributed by atoms with Crippen molar-refractivity contribution in [2.75, 3.05) is 13.1 Å². The predicted molar refractivity (Wildman–Crippen MR) is 73.6 cm³/mol. The van der Waals surface area contributed by atoms with Crippen LogP contribution in [0.1, 0.15) is 38.7 Å². The van der Waals surface area contributed by atoms with E-state index in [-0.39, 0.29) is 11.9 Å². The normalized spacial score (nSPS) is 12.4. The van der Waals surface area contributed by atoms with Gasteiger partial charge in [0, 0.05) is 0 Å². The predicted octanol–water partition coefficient (Wildman–Crippen LogP) is 3.68. The van der Waals surface area contributed by atoms with E-state index >= 15 is 0 Å². The van der Waals surface area contributed by atoms with Crippen LogP contribution < -0.4 is 10.1 Å². The fourth-order valence-electron chi connectivity index (χ4n) is 1.79. The van der Waals surface area contributed by atoms with Crippen LogP contribution in [0.15, 0.2) is 18.2 Å². The first-order valence-corrected chi connectivity index (χ1v) is 6.77. The van der Waals surface area contributed by atoms with Crippen LogP contribution in [0, 0.1) is 12.7 Å². The highest BCUT2D eigenvalue weighted by Gasteiger charge is 2.08. The number of ether oxygens (including phenoxy) is 1. The van der Waals surface area contributed by atoms with Crippen LogP contribution in [0.3, 0.4) is 0 Å². The molecule has 0 bridgehead atoms. The number of hydrogen-bond acceptors (Lipinski definition) is 2. The number of aryl methyl sites for hydroxylation is 1. The molecule has 0 heterocycles. The molecule has 0 saturated carbocycles. The molecule has 102 valence electrons. The first-order chi connectivity index (χ1) is 8.63. The van der Waals surface area contributed by atoms with E-state index in [1.807, 2.05) is 13.8 Å². The van der Waals surface area contributed by atoms with E-state index in [0.29, 0.717) is 5.75 Å². The summed E-state index contributed by atoms with van der Waals surface area (Å²) in [4.78, 5) is 0. The van der Waals surface area contributed by atoms with Crippen molar-refractivity contribution < 1.29 is 9.13 Å². The molecule has 0 aromatic heterocycles. The molecule has 1 unspecified atom stereocenters. The van der Waals surface area contributed by atoms with Crippen LogP contribution in [0.4, 0.5) is 4.39 Å². The molecule has 0 aliphatic heterocycles. The second-order valence-electron chi connectivity index (χ2n) is 4.75. The van der Waals surface area contributed by atoms with Gasteiger partial charge in [-0.1, -0.05) is 13.0 Å². The van der Waals surface area contributed by atoms with Crippen molar-refractivity contribution >= 4 is 0 Å². The van der Waals surface area contributed by atoms with Crippen LogP contribution in [0.5, 0.6) is 5.75 Å². The molecule has 1 rings (SSSR count). The summed E-state index contributed by atoms with van der Waals surface area (Å²) in [6.07, 6.45) is 3.18. The molecule has 3 heteroatoms. The Labute approximate surface area is 110 Å². The zero-order chi connectivity index (χ0) is 13.4. The van der Waals surface area contributed by atoms with Crippen molar-refractivity contribution in [3.8, 4) is 5.75 Å². The molecule has 0 aliphatic carbocycles. The van der Waals surface area contributed by atoms with Gasteiger partial charge in [-0.15, -0.1) is 0 Å². The lowest BCUT2D eigenvalue weighted by atomic mass is 10.2. The van der Waals surface area contributed by atoms with Gasteiger partial charge in [0.1, 0.15) is 0 Å². The van der Waals surface area contributed by atoms with Gasteiger partial charge in [-0.2, -0.15) is 0 Å². The largest absolute Gasteiger partial charge is 0.488 e. The molecule has 0 spiro atoms. The van der Waals surface area contributed by atoms with Crippen molar-refractivity contribution in [1.82, 2.24) is 5.32 Å². The smallest absolute Gasteiger partial charge is 0.165 e. The van der Waals surface area contributed by atoms with Gasteiger partial charge in [-0.25, -0.2) is 4.39 Å². The zero-order valence-corrected chi connectivity index (χ0v) is 11.6. The molecule has 0 fully saturated rings. The monoisotopic (exact) mass is 253 g/mol. The molecule has 0 radical (unpaired) electrons. The number of halogens is 1. The van der Waals surface area contributed by atoms with Crippen LogP contribution in [0.25, 0.3) is 0 Å². The first kappa shape index (κ1) is 15.0. The van der Waals surface area contributed by atoms with Gasteiger partial charge in [0.25, 0.3) is 0 Å². The van der Waals surface area contributed by atoms with E-state index in [1.54, 1.807) is 12.1 Å². The summed E-state index contributed by atoms with van der Waals surface area (Å²) in [6.45, 7) is 8.13. The van der Waals surface area contributed by atoms with Gasteiger partial charge in [-0.3, -0.25) is 0 Å². The van der Waals surface area contributed by atoms with Gasteiger partial charge < -0.3 is 10.1 Å². The van der Waals surface area contributed by atoms with Gasteiger partial charge in [0.2, 0.25) is 0 Å². The third kappa shape index (κ3) is 5.50. The molecule has 1 N–H and O–H groups in total. The summed E-state index contributed by atoms with van der Waals surface area (Å²) < 4.78 is 19.1. The Hall–Kier alpha value is -1.09. The van der Waals surface area contributed by atoms with Crippen LogP contribution in [-0.2, 0) is 0 Å². The van der Waals surface area contributed by atoms with E-state index in [0.717, 1.165) is 37.9 Å². The Morgan fingerprint density at radius 1 is 1.33 bits per heavy atom. The lowest BCUT2D eigenvalue weighted by Crippen LogP contribution is -2.19. The zero-order valence-electron chi connectivity index (χ0n) is 11.6. The maximum Gasteiger partial charge on any atom is 0.165 e. The molecule has 0 aliphatic rings. The average molecular weight is 253 g/mol. The summed E-state index contributed by atoms with van der Waals surface area (Å²) in [6, 6.07) is 4.96. The van der Waals surface area contributed by atoms with Crippen LogP contribution in [-0.4, -0.2) is 19.2 Å². The highest BCUT2D eigenvalue weighted by molar-refractivity contribution is 5.29. The number of benzene rings is 1. The maximum atomic E-state index is 13.5. The number of rotatable bonds is 8. The Balaban J connectivity index is 2.30. The van der Waals surface area contributed by atoms with Crippen LogP contribution in [0.2, 0.25) is 0 Å². The topological polar surface area (TPSA) is 21.3 Å². The van der Waals surface area contributed by atoms with E-state index in [2.05, 4.69) is 12.2 Å². The third-order valence-electron chi connectivity index (χ3n) is 2.81. The molecule has 2 nitrogen and oxygen atoms in total. The lowest BCUT2D eigenvalue weighted by molar-refractivity contribution is 0.198. The van der Waals surface area contributed by atoms with Gasteiger partial charge in [0.05, 0.1) is 6.10 Å². The standard InChI is InChI=1S/C15H24FNO/c1-4-9-17-10-5-6-13(3)18-15-11-12(2)7-8-14(15)16/h7-8,11,13,17H,4-6,9-10H2,1-3H3. The molecule has 18 heavy (non-hydrogen) atoms. The molecule has 1 aromatic carbocycles. The molecular weight excluding hydrogens is 229 g/mol. The summed E-state index contributed by atoms with van der Waals surface area (Å²) in [5.41, 5.74) is 1.02. The van der Waals surface area contributed by atoms with Crippen molar-refractivity contribution in [3.05, 3.63) is 29.6 Å². The molecule has 1 aromatic rings. The second-order valence-corrected chi connectivity index (χ2v) is 4.75. The highest BCUT2D eigenvalue weighted by atomic mass is 19.1. The Kier molecular flexibility index (Phi) is 6.73. The average Bonchev–Trinajstić information content (AvgIpc) is 2.33. The Bertz CT molecular complexity index is 354. The number of nitrogens with one attached hydrogen (secondary N) is 1. The van der Waals surface area contributed by atoms with E-state index in [1.165, 1.54) is 6.07 Å². The van der Waals surface area contributed by atoms with Gasteiger partial charge >= 0.3 is 0 Å². The van der Waals surface area contributed by atoms with Crippen molar-refractivity contribution in [1.29, 1.82) is 0 Å². The fraction of sp³-hybridized carbons (Fsp3) is 0.600. The van der Waals surface area contributed by atoms with E-state index < -0.39 is 0 Å². The minimum atomic E-state index is -0.281. The van der Waals surface area contributed by atoms with Gasteiger partial charge in [-0.05, 0) is 63.9 Å². The highest BCUT2D eigenvalue weighted by Crippen LogP contribution is 2.20. The van der Waals surface area contributed by atoms with Crippen LogP contribution >= 0.6 is 0 Å². The second kappa shape index (κ2) is 8.09. The molecular formula is C15H24FNO. The van der Waals surface area contributed by atoms with Crippen molar-refractivity contribution in [3.63, 3.8) is 0 Å². The summed E-state index contributed by atoms with van der Waals surface area (Å²) >= 11 is 0. The summed E-state index contributed by atoms with van der Waals surface area (Å²) in [5.74, 6) is 0.0839. The molecule has 0 saturated heterocycles. The maximum absolute atomic E-state index is 13.5. The SMILES string of the molecule is CCCNCCCC(C)Oc1cc(C)ccc1F. The molecule has 1 atom stereocenters. The quantitative estimate of drug-likeness (QED) is 0.714. The first-order valence-electron chi connectivity index (χ1n) is 6.77. The van der Waals surface area contributed by atoms with E-state index in [9.17, 15) is 4.39 Å².